The minimum absolute atomic E-state index is 0.0603. The van der Waals surface area contributed by atoms with E-state index in [1.165, 1.54) is 11.2 Å². The molecule has 274 valence electrons. The molecule has 22 heteroatoms. The molecule has 49 heavy (non-hydrogen) atoms. The van der Waals surface area contributed by atoms with Crippen LogP contribution in [0.3, 0.4) is 0 Å². The van der Waals surface area contributed by atoms with Gasteiger partial charge < -0.3 is 45.9 Å². The van der Waals surface area contributed by atoms with E-state index >= 15 is 0 Å². The van der Waals surface area contributed by atoms with Crippen LogP contribution in [0.5, 0.6) is 11.6 Å². The molecular formula is C27H35F6N7O9. The number of aromatic nitrogens is 3. The molecule has 0 radical (unpaired) electrons. The Kier molecular flexibility index (Phi) is 20.7. The Morgan fingerprint density at radius 2 is 1.78 bits per heavy atom. The summed E-state index contributed by atoms with van der Waals surface area (Å²) in [5, 5.41) is 49.8. The fraction of sp³-hybridized carbons (Fsp3) is 0.407. The number of aromatic hydroxyl groups is 1. The van der Waals surface area contributed by atoms with Crippen LogP contribution in [0.1, 0.15) is 12.0 Å². The number of ether oxygens (including phenoxy) is 1. The van der Waals surface area contributed by atoms with E-state index in [0.717, 1.165) is 13.0 Å². The van der Waals surface area contributed by atoms with Gasteiger partial charge in [-0.25, -0.2) is 14.8 Å². The predicted octanol–water partition coefficient (Wildman–Crippen LogP) is 2.70. The lowest BCUT2D eigenvalue weighted by Gasteiger charge is -2.22. The fourth-order valence-electron chi connectivity index (χ4n) is 3.43. The van der Waals surface area contributed by atoms with Crippen LogP contribution < -0.4 is 15.4 Å². The molecule has 8 N–H and O–H groups in total. The number of carboxylic acid groups (broad SMARTS) is 3. The van der Waals surface area contributed by atoms with Crippen LogP contribution in [0.15, 0.2) is 35.6 Å². The standard InChI is InChI=1S/C23H31N7O5.C2HF3O2.CHF3.CH2O2/c1-24-7-4-8-25-20-19-17(22(32)29-21(19)28-14-27-20)12-26-15-5-3-6-16(11-15)35-10-9-30(2)18(13-31)23(33)34;3-2(4,5)1(6)7;2-1(3)4;2-1-3/h3,5-6,11-12,14,18,24,31-32H,4,7-10,13H2,1-2H3,(H,33,34)(H2,25,27,28,29);(H,6,7);1H;1H,(H,2,3)/t18-;;;/m0.../s1. The number of halogens is 6. The largest absolute Gasteiger partial charge is 0.494 e. The van der Waals surface area contributed by atoms with Crippen LogP contribution >= 0.6 is 0 Å². The summed E-state index contributed by atoms with van der Waals surface area (Å²) in [6, 6.07) is 6.10. The van der Waals surface area contributed by atoms with E-state index in [1.54, 1.807) is 37.5 Å². The number of fused-ring (bicyclic) bond motifs is 1. The average molecular weight is 716 g/mol. The second-order valence-corrected chi connectivity index (χ2v) is 8.99. The number of carboxylic acids is 2. The predicted molar refractivity (Wildman–Crippen MR) is 162 cm³/mol. The van der Waals surface area contributed by atoms with Gasteiger partial charge in [-0.1, -0.05) is 6.07 Å². The summed E-state index contributed by atoms with van der Waals surface area (Å²) >= 11 is 0. The number of H-pyrrole nitrogens is 1. The van der Waals surface area contributed by atoms with Gasteiger partial charge in [0.05, 0.1) is 23.2 Å². The Hall–Kier alpha value is -5.22. The molecule has 2 heterocycles. The summed E-state index contributed by atoms with van der Waals surface area (Å²) in [6.07, 6.45) is -1.21. The van der Waals surface area contributed by atoms with E-state index in [4.69, 9.17) is 29.6 Å². The first-order valence-corrected chi connectivity index (χ1v) is 13.6. The van der Waals surface area contributed by atoms with Gasteiger partial charge in [-0.05, 0) is 39.2 Å². The number of aliphatic hydroxyl groups excluding tert-OH is 1. The van der Waals surface area contributed by atoms with Crippen molar-refractivity contribution in [3.63, 3.8) is 0 Å². The number of aliphatic imine (C=N–C) groups is 1. The second-order valence-electron chi connectivity index (χ2n) is 8.99. The van der Waals surface area contributed by atoms with Crippen molar-refractivity contribution in [2.75, 3.05) is 52.3 Å². The Labute approximate surface area is 274 Å². The molecule has 0 saturated carbocycles. The first kappa shape index (κ1) is 43.8. The van der Waals surface area contributed by atoms with Crippen LogP contribution in [0, 0.1) is 0 Å². The first-order chi connectivity index (χ1) is 23.0. The van der Waals surface area contributed by atoms with E-state index in [0.29, 0.717) is 46.9 Å². The highest BCUT2D eigenvalue weighted by molar-refractivity contribution is 6.06. The van der Waals surface area contributed by atoms with Crippen molar-refractivity contribution in [3.8, 4) is 11.6 Å². The summed E-state index contributed by atoms with van der Waals surface area (Å²) in [5.41, 5.74) is 1.57. The lowest BCUT2D eigenvalue weighted by Crippen LogP contribution is -2.43. The minimum atomic E-state index is -5.08. The molecule has 1 atom stereocenters. The third kappa shape index (κ3) is 17.5. The number of hydrogen-bond acceptors (Lipinski definition) is 12. The van der Waals surface area contributed by atoms with Crippen LogP contribution in [-0.4, -0.2) is 136 Å². The Balaban J connectivity index is 0.00000139. The number of hydrogen-bond donors (Lipinski definition) is 8. The number of benzene rings is 1. The third-order valence-electron chi connectivity index (χ3n) is 5.61. The molecule has 2 aromatic heterocycles. The summed E-state index contributed by atoms with van der Waals surface area (Å²) in [7, 11) is 3.51. The molecule has 0 spiro atoms. The van der Waals surface area contributed by atoms with Gasteiger partial charge in [0.25, 0.3) is 6.47 Å². The highest BCUT2D eigenvalue weighted by Gasteiger charge is 2.38. The van der Waals surface area contributed by atoms with Crippen LogP contribution in [0.25, 0.3) is 11.0 Å². The molecule has 0 unspecified atom stereocenters. The number of aliphatic hydroxyl groups is 1. The molecule has 0 aliphatic heterocycles. The summed E-state index contributed by atoms with van der Waals surface area (Å²) in [5.74, 6) is -2.74. The van der Waals surface area contributed by atoms with Crippen molar-refractivity contribution in [2.24, 2.45) is 4.99 Å². The third-order valence-corrected chi connectivity index (χ3v) is 5.61. The van der Waals surface area contributed by atoms with Gasteiger partial charge in [-0.15, -0.1) is 0 Å². The zero-order valence-electron chi connectivity index (χ0n) is 25.9. The molecule has 0 fully saturated rings. The number of nitrogens with zero attached hydrogens (tertiary/aromatic N) is 4. The molecule has 0 aliphatic carbocycles. The van der Waals surface area contributed by atoms with Gasteiger partial charge >= 0.3 is 24.8 Å². The Morgan fingerprint density at radius 3 is 2.31 bits per heavy atom. The SMILES string of the molecule is CNCCCNc1ncnc2[nH]c(O)c(C=Nc3cccc(OCCN(C)[C@@H](CO)C(=O)O)c3)c12.FC(F)F.O=C(O)C(F)(F)F.O=CO. The molecule has 3 aromatic rings. The van der Waals surface area contributed by atoms with Crippen molar-refractivity contribution < 1.29 is 71.0 Å². The molecule has 0 saturated heterocycles. The van der Waals surface area contributed by atoms with Gasteiger partial charge in [-0.2, -0.15) is 26.3 Å². The van der Waals surface area contributed by atoms with Crippen molar-refractivity contribution in [2.45, 2.75) is 25.3 Å². The summed E-state index contributed by atoms with van der Waals surface area (Å²) < 4.78 is 66.5. The lowest BCUT2D eigenvalue weighted by molar-refractivity contribution is -0.192. The second kappa shape index (κ2) is 23.2. The van der Waals surface area contributed by atoms with E-state index < -0.39 is 37.4 Å². The van der Waals surface area contributed by atoms with Gasteiger partial charge in [0, 0.05) is 25.4 Å². The monoisotopic (exact) mass is 715 g/mol. The molecule has 0 bridgehead atoms. The summed E-state index contributed by atoms with van der Waals surface area (Å²) in [6.45, 7) is -2.27. The van der Waals surface area contributed by atoms with Gasteiger partial charge in [-0.3, -0.25) is 19.5 Å². The normalized spacial score (nSPS) is 11.5. The van der Waals surface area contributed by atoms with Crippen molar-refractivity contribution in [3.05, 3.63) is 36.2 Å². The van der Waals surface area contributed by atoms with E-state index in [-0.39, 0.29) is 19.0 Å². The van der Waals surface area contributed by atoms with E-state index in [1.807, 2.05) is 7.05 Å². The number of carbonyl (C=O) groups is 3. The van der Waals surface area contributed by atoms with Crippen LogP contribution in [-0.2, 0) is 14.4 Å². The maximum Gasteiger partial charge on any atom is 0.490 e. The summed E-state index contributed by atoms with van der Waals surface area (Å²) in [4.78, 5) is 45.7. The molecule has 1 aromatic carbocycles. The zero-order valence-corrected chi connectivity index (χ0v) is 25.9. The first-order valence-electron chi connectivity index (χ1n) is 13.6. The van der Waals surface area contributed by atoms with Gasteiger partial charge in [0.15, 0.2) is 5.88 Å². The number of aliphatic carboxylic acids is 2. The highest BCUT2D eigenvalue weighted by atomic mass is 19.4. The van der Waals surface area contributed by atoms with Crippen molar-refractivity contribution in [1.29, 1.82) is 0 Å². The molecule has 0 aliphatic rings. The maximum atomic E-state index is 11.1. The molecular weight excluding hydrogens is 680 g/mol. The van der Waals surface area contributed by atoms with Gasteiger partial charge in [0.1, 0.15) is 36.2 Å². The molecule has 3 rings (SSSR count). The van der Waals surface area contributed by atoms with E-state index in [9.17, 15) is 41.4 Å². The number of alkyl halides is 6. The molecule has 0 amide bonds. The smallest absolute Gasteiger partial charge is 0.490 e. The van der Waals surface area contributed by atoms with Gasteiger partial charge in [0.2, 0.25) is 0 Å². The number of likely N-dealkylation sites (N-methyl/N-ethyl adjacent to an activating group) is 1. The van der Waals surface area contributed by atoms with Crippen LogP contribution in [0.2, 0.25) is 0 Å². The number of aromatic amines is 1. The van der Waals surface area contributed by atoms with Crippen molar-refractivity contribution in [1.82, 2.24) is 25.2 Å². The zero-order chi connectivity index (χ0) is 37.6. The number of rotatable bonds is 14. The fourth-order valence-corrected chi connectivity index (χ4v) is 3.43. The topological polar surface area (TPSA) is 243 Å². The van der Waals surface area contributed by atoms with Crippen LogP contribution in [0.4, 0.5) is 37.8 Å². The lowest BCUT2D eigenvalue weighted by atomic mass is 10.2. The number of nitrogens with one attached hydrogen (secondary N) is 3. The quantitative estimate of drug-likeness (QED) is 0.0518. The number of anilines is 1. The molecule has 16 nitrogen and oxygen atoms in total. The minimum Gasteiger partial charge on any atom is -0.494 e. The highest BCUT2D eigenvalue weighted by Crippen LogP contribution is 2.30. The van der Waals surface area contributed by atoms with E-state index in [2.05, 4.69) is 30.6 Å². The van der Waals surface area contributed by atoms with Crippen molar-refractivity contribution >= 4 is 47.2 Å². The Bertz CT molecular complexity index is 1460. The maximum absolute atomic E-state index is 11.1. The average Bonchev–Trinajstić information content (AvgIpc) is 3.34. The Morgan fingerprint density at radius 1 is 1.16 bits per heavy atom.